The Morgan fingerprint density at radius 2 is 2.24 bits per heavy atom. The van der Waals surface area contributed by atoms with Gasteiger partial charge in [0.1, 0.15) is 5.82 Å². The number of rotatable bonds is 2. The van der Waals surface area contributed by atoms with Gasteiger partial charge in [-0.3, -0.25) is 0 Å². The van der Waals surface area contributed by atoms with Gasteiger partial charge in [-0.25, -0.2) is 4.98 Å². The molecular weight excluding hydrogens is 210 g/mol. The molecule has 0 bridgehead atoms. The molecule has 0 radical (unpaired) electrons. The van der Waals surface area contributed by atoms with E-state index in [1.165, 1.54) is 36.2 Å². The van der Waals surface area contributed by atoms with Crippen molar-refractivity contribution >= 4 is 11.0 Å². The molecule has 0 spiro atoms. The summed E-state index contributed by atoms with van der Waals surface area (Å²) < 4.78 is 2.38. The van der Waals surface area contributed by atoms with Gasteiger partial charge in [-0.15, -0.1) is 0 Å². The Morgan fingerprint density at radius 1 is 1.35 bits per heavy atom. The van der Waals surface area contributed by atoms with E-state index in [-0.39, 0.29) is 5.41 Å². The zero-order valence-electron chi connectivity index (χ0n) is 9.95. The molecule has 0 unspecified atom stereocenters. The lowest BCUT2D eigenvalue weighted by atomic mass is 9.96. The molecule has 2 N–H and O–H groups in total. The number of imidazole rings is 1. The lowest BCUT2D eigenvalue weighted by molar-refractivity contribution is 0.704. The molecule has 1 saturated carbocycles. The highest BCUT2D eigenvalue weighted by Gasteiger charge is 2.43. The third-order valence-electron chi connectivity index (χ3n) is 4.47. The number of hydrogen-bond acceptors (Lipinski definition) is 2. The van der Waals surface area contributed by atoms with Gasteiger partial charge in [-0.1, -0.05) is 6.07 Å². The van der Waals surface area contributed by atoms with Crippen molar-refractivity contribution in [2.24, 2.45) is 5.73 Å². The molecule has 4 rings (SSSR count). The summed E-state index contributed by atoms with van der Waals surface area (Å²) in [5.74, 6) is 1.26. The molecule has 3 nitrogen and oxygen atoms in total. The Hall–Kier alpha value is -1.35. The molecule has 1 fully saturated rings. The Balaban J connectivity index is 1.91. The maximum Gasteiger partial charge on any atom is 0.109 e. The summed E-state index contributed by atoms with van der Waals surface area (Å²) in [5, 5.41) is 0. The smallest absolute Gasteiger partial charge is 0.109 e. The normalized spacial score (nSPS) is 20.8. The number of aromatic nitrogens is 2. The van der Waals surface area contributed by atoms with E-state index in [9.17, 15) is 0 Å². The zero-order valence-corrected chi connectivity index (χ0v) is 9.95. The molecule has 2 heterocycles. The van der Waals surface area contributed by atoms with Crippen molar-refractivity contribution in [1.29, 1.82) is 0 Å². The van der Waals surface area contributed by atoms with Crippen molar-refractivity contribution in [3.8, 4) is 0 Å². The second-order valence-electron chi connectivity index (χ2n) is 5.47. The Kier molecular flexibility index (Phi) is 1.76. The number of hydrogen-bond donors (Lipinski definition) is 1. The average molecular weight is 227 g/mol. The summed E-state index contributed by atoms with van der Waals surface area (Å²) in [6, 6.07) is 6.73. The largest absolute Gasteiger partial charge is 0.330 e. The first-order chi connectivity index (χ1) is 8.32. The van der Waals surface area contributed by atoms with Crippen molar-refractivity contribution in [2.45, 2.75) is 37.6 Å². The van der Waals surface area contributed by atoms with E-state index in [1.54, 1.807) is 0 Å². The van der Waals surface area contributed by atoms with Crippen molar-refractivity contribution < 1.29 is 0 Å². The quantitative estimate of drug-likeness (QED) is 0.852. The fourth-order valence-electron chi connectivity index (χ4n) is 3.10. The first-order valence-corrected chi connectivity index (χ1v) is 6.52. The monoisotopic (exact) mass is 227 g/mol. The molecule has 1 aliphatic carbocycles. The molecule has 0 saturated heterocycles. The van der Waals surface area contributed by atoms with E-state index in [4.69, 9.17) is 10.7 Å². The number of fused-ring (bicyclic) bond motifs is 3. The molecular formula is C14H17N3. The van der Waals surface area contributed by atoms with Gasteiger partial charge in [0.25, 0.3) is 0 Å². The Bertz CT molecular complexity index is 593. The Morgan fingerprint density at radius 3 is 3.00 bits per heavy atom. The van der Waals surface area contributed by atoms with E-state index in [2.05, 4.69) is 22.8 Å². The molecule has 0 atom stereocenters. The second kappa shape index (κ2) is 3.10. The van der Waals surface area contributed by atoms with E-state index < -0.39 is 0 Å². The lowest BCUT2D eigenvalue weighted by Crippen LogP contribution is -2.19. The highest BCUT2D eigenvalue weighted by atomic mass is 15.1. The zero-order chi connectivity index (χ0) is 11.5. The van der Waals surface area contributed by atoms with Crippen LogP contribution in [0.3, 0.4) is 0 Å². The average Bonchev–Trinajstić information content (AvgIpc) is 2.89. The van der Waals surface area contributed by atoms with E-state index in [1.807, 2.05) is 0 Å². The number of benzene rings is 1. The summed E-state index contributed by atoms with van der Waals surface area (Å²) >= 11 is 0. The molecule has 3 heteroatoms. The van der Waals surface area contributed by atoms with Crippen LogP contribution in [0.2, 0.25) is 0 Å². The first-order valence-electron chi connectivity index (χ1n) is 6.52. The minimum atomic E-state index is 0.289. The molecule has 0 amide bonds. The highest BCUT2D eigenvalue weighted by molar-refractivity contribution is 5.77. The van der Waals surface area contributed by atoms with Crippen LogP contribution in [0, 0.1) is 0 Å². The van der Waals surface area contributed by atoms with E-state index >= 15 is 0 Å². The van der Waals surface area contributed by atoms with Gasteiger partial charge in [-0.2, -0.15) is 0 Å². The molecule has 17 heavy (non-hydrogen) atoms. The maximum atomic E-state index is 5.91. The molecule has 2 aliphatic rings. The first kappa shape index (κ1) is 9.66. The van der Waals surface area contributed by atoms with Crippen LogP contribution in [0.5, 0.6) is 0 Å². The SMILES string of the molecule is NCC1(c2ccc3nc4n(c3c2)CCC4)CC1. The fraction of sp³-hybridized carbons (Fsp3) is 0.500. The van der Waals surface area contributed by atoms with Gasteiger partial charge < -0.3 is 10.3 Å². The number of aryl methyl sites for hydroxylation is 2. The van der Waals surface area contributed by atoms with Crippen LogP contribution in [0.15, 0.2) is 18.2 Å². The minimum Gasteiger partial charge on any atom is -0.330 e. The lowest BCUT2D eigenvalue weighted by Gasteiger charge is -2.13. The standard InChI is InChI=1S/C14H17N3/c15-9-14(5-6-14)10-3-4-11-12(8-10)17-7-1-2-13(17)16-11/h3-4,8H,1-2,5-7,9,15H2. The number of nitrogens with two attached hydrogens (primary N) is 1. The van der Waals surface area contributed by atoms with Crippen molar-refractivity contribution in [1.82, 2.24) is 9.55 Å². The number of nitrogens with zero attached hydrogens (tertiary/aromatic N) is 2. The molecule has 1 aromatic carbocycles. The third kappa shape index (κ3) is 1.23. The van der Waals surface area contributed by atoms with Crippen molar-refractivity contribution in [2.75, 3.05) is 6.54 Å². The maximum absolute atomic E-state index is 5.91. The highest BCUT2D eigenvalue weighted by Crippen LogP contribution is 2.47. The van der Waals surface area contributed by atoms with Crippen LogP contribution in [0.1, 0.15) is 30.7 Å². The van der Waals surface area contributed by atoms with Crippen molar-refractivity contribution in [3.63, 3.8) is 0 Å². The summed E-state index contributed by atoms with van der Waals surface area (Å²) in [7, 11) is 0. The van der Waals surface area contributed by atoms with Crippen LogP contribution >= 0.6 is 0 Å². The van der Waals surface area contributed by atoms with Gasteiger partial charge in [0.15, 0.2) is 0 Å². The van der Waals surface area contributed by atoms with Gasteiger partial charge in [0.2, 0.25) is 0 Å². The van der Waals surface area contributed by atoms with Gasteiger partial charge in [0, 0.05) is 24.9 Å². The van der Waals surface area contributed by atoms with Gasteiger partial charge in [-0.05, 0) is 37.0 Å². The van der Waals surface area contributed by atoms with Crippen LogP contribution in [0.25, 0.3) is 11.0 Å². The molecule has 1 aromatic heterocycles. The fourth-order valence-corrected chi connectivity index (χ4v) is 3.10. The predicted octanol–water partition coefficient (Wildman–Crippen LogP) is 1.97. The van der Waals surface area contributed by atoms with E-state index in [0.29, 0.717) is 0 Å². The van der Waals surface area contributed by atoms with Crippen LogP contribution in [-0.4, -0.2) is 16.1 Å². The van der Waals surface area contributed by atoms with Crippen molar-refractivity contribution in [3.05, 3.63) is 29.6 Å². The summed E-state index contributed by atoms with van der Waals surface area (Å²) in [5.41, 5.74) is 10.1. The van der Waals surface area contributed by atoms with E-state index in [0.717, 1.165) is 25.0 Å². The molecule has 1 aliphatic heterocycles. The predicted molar refractivity (Wildman–Crippen MR) is 68.0 cm³/mol. The molecule has 88 valence electrons. The van der Waals surface area contributed by atoms with Crippen LogP contribution < -0.4 is 5.73 Å². The summed E-state index contributed by atoms with van der Waals surface area (Å²) in [6.45, 7) is 1.91. The van der Waals surface area contributed by atoms with Crippen LogP contribution in [0.4, 0.5) is 0 Å². The topological polar surface area (TPSA) is 43.8 Å². The minimum absolute atomic E-state index is 0.289. The second-order valence-corrected chi connectivity index (χ2v) is 5.47. The molecule has 2 aromatic rings. The van der Waals surface area contributed by atoms with Gasteiger partial charge >= 0.3 is 0 Å². The van der Waals surface area contributed by atoms with Crippen LogP contribution in [-0.2, 0) is 18.4 Å². The third-order valence-corrected chi connectivity index (χ3v) is 4.47. The summed E-state index contributed by atoms with van der Waals surface area (Å²) in [4.78, 5) is 4.69. The van der Waals surface area contributed by atoms with Gasteiger partial charge in [0.05, 0.1) is 11.0 Å². The summed E-state index contributed by atoms with van der Waals surface area (Å²) in [6.07, 6.45) is 4.86. The Labute approximate surface area is 101 Å².